The highest BCUT2D eigenvalue weighted by atomic mass is 32.2. The van der Waals surface area contributed by atoms with Crippen molar-refractivity contribution in [3.63, 3.8) is 0 Å². The van der Waals surface area contributed by atoms with E-state index in [1.54, 1.807) is 12.1 Å². The first kappa shape index (κ1) is 31.2. The lowest BCUT2D eigenvalue weighted by atomic mass is 10.1. The van der Waals surface area contributed by atoms with Gasteiger partial charge in [0.2, 0.25) is 5.91 Å². The SMILES string of the molecule is CCNOC(CC(C)Nc1cccc(OCCN2CCCCC2)c1)SC=N.N#CCNC(=O)CC#N. The second-order valence-corrected chi connectivity index (χ2v) is 9.16. The van der Waals surface area contributed by atoms with Crippen LogP contribution in [0.4, 0.5) is 5.69 Å². The number of hydrogen-bond donors (Lipinski definition) is 4. The van der Waals surface area contributed by atoms with Crippen LogP contribution in [-0.2, 0) is 9.63 Å². The number of carbonyl (C=O) groups is 1. The number of nitrogens with one attached hydrogen (secondary N) is 4. The monoisotopic (exact) mass is 517 g/mol. The minimum Gasteiger partial charge on any atom is -0.492 e. The molecular formula is C25H39N7O3S. The Morgan fingerprint density at radius 3 is 2.72 bits per heavy atom. The van der Waals surface area contributed by atoms with Gasteiger partial charge in [-0.05, 0) is 45.0 Å². The van der Waals surface area contributed by atoms with E-state index in [1.165, 1.54) is 49.7 Å². The van der Waals surface area contributed by atoms with Gasteiger partial charge in [0, 0.05) is 37.3 Å². The number of amides is 1. The van der Waals surface area contributed by atoms with Gasteiger partial charge < -0.3 is 20.8 Å². The van der Waals surface area contributed by atoms with Gasteiger partial charge in [-0.15, -0.1) is 0 Å². The molecule has 1 amide bonds. The van der Waals surface area contributed by atoms with Gasteiger partial charge >= 0.3 is 0 Å². The highest BCUT2D eigenvalue weighted by Gasteiger charge is 2.14. The van der Waals surface area contributed by atoms with E-state index in [0.29, 0.717) is 0 Å². The predicted octanol–water partition coefficient (Wildman–Crippen LogP) is 3.49. The van der Waals surface area contributed by atoms with Crippen molar-refractivity contribution in [2.45, 2.75) is 57.4 Å². The Morgan fingerprint density at radius 2 is 2.06 bits per heavy atom. The largest absolute Gasteiger partial charge is 0.492 e. The Hall–Kier alpha value is -2.83. The normalized spacial score (nSPS) is 14.7. The number of carbonyl (C=O) groups excluding carboxylic acids is 1. The second kappa shape index (κ2) is 20.4. The van der Waals surface area contributed by atoms with Crippen molar-refractivity contribution in [3.8, 4) is 17.9 Å². The zero-order valence-corrected chi connectivity index (χ0v) is 22.1. The van der Waals surface area contributed by atoms with Crippen molar-refractivity contribution in [3.05, 3.63) is 24.3 Å². The van der Waals surface area contributed by atoms with Crippen molar-refractivity contribution < 1.29 is 14.4 Å². The third kappa shape index (κ3) is 15.2. The Kier molecular flexibility index (Phi) is 17.7. The summed E-state index contributed by atoms with van der Waals surface area (Å²) >= 11 is 1.37. The molecule has 0 spiro atoms. The number of hydroxylamine groups is 1. The zero-order chi connectivity index (χ0) is 26.4. The molecule has 1 heterocycles. The second-order valence-electron chi connectivity index (χ2n) is 8.13. The van der Waals surface area contributed by atoms with Crippen LogP contribution >= 0.6 is 11.8 Å². The molecule has 1 aliphatic rings. The van der Waals surface area contributed by atoms with E-state index in [0.717, 1.165) is 37.6 Å². The van der Waals surface area contributed by atoms with Gasteiger partial charge in [-0.25, -0.2) is 5.48 Å². The molecule has 4 N–H and O–H groups in total. The highest BCUT2D eigenvalue weighted by Crippen LogP contribution is 2.21. The van der Waals surface area contributed by atoms with E-state index in [1.807, 2.05) is 19.1 Å². The first-order valence-corrected chi connectivity index (χ1v) is 13.2. The predicted molar refractivity (Wildman–Crippen MR) is 144 cm³/mol. The molecule has 1 saturated heterocycles. The summed E-state index contributed by atoms with van der Waals surface area (Å²) in [5, 5.41) is 28.9. The average molecular weight is 518 g/mol. The summed E-state index contributed by atoms with van der Waals surface area (Å²) in [6, 6.07) is 11.7. The Morgan fingerprint density at radius 1 is 1.28 bits per heavy atom. The van der Waals surface area contributed by atoms with E-state index in [-0.39, 0.29) is 24.4 Å². The molecule has 0 aliphatic carbocycles. The Balaban J connectivity index is 0.000000613. The number of rotatable bonds is 15. The summed E-state index contributed by atoms with van der Waals surface area (Å²) in [5.74, 6) is 0.498. The number of hydrogen-bond acceptors (Lipinski definition) is 10. The summed E-state index contributed by atoms with van der Waals surface area (Å²) < 4.78 is 5.95. The summed E-state index contributed by atoms with van der Waals surface area (Å²) in [7, 11) is 0. The molecule has 198 valence electrons. The molecule has 2 unspecified atom stereocenters. The van der Waals surface area contributed by atoms with Crippen LogP contribution in [0.3, 0.4) is 0 Å². The van der Waals surface area contributed by atoms with Crippen LogP contribution in [0.1, 0.15) is 46.0 Å². The number of piperidine rings is 1. The van der Waals surface area contributed by atoms with Crippen LogP contribution in [0, 0.1) is 28.1 Å². The summed E-state index contributed by atoms with van der Waals surface area (Å²) in [5.41, 5.74) is 5.16. The molecule has 1 aromatic carbocycles. The fourth-order valence-corrected chi connectivity index (χ4v) is 4.11. The summed E-state index contributed by atoms with van der Waals surface area (Å²) in [6.45, 7) is 8.96. The molecule has 10 nitrogen and oxygen atoms in total. The van der Waals surface area contributed by atoms with Gasteiger partial charge in [-0.3, -0.25) is 14.5 Å². The lowest BCUT2D eigenvalue weighted by Crippen LogP contribution is -2.33. The average Bonchev–Trinajstić information content (AvgIpc) is 2.87. The van der Waals surface area contributed by atoms with Crippen LogP contribution < -0.4 is 20.9 Å². The van der Waals surface area contributed by atoms with E-state index in [4.69, 9.17) is 25.5 Å². The molecular weight excluding hydrogens is 478 g/mol. The molecule has 1 aliphatic heterocycles. The number of anilines is 1. The van der Waals surface area contributed by atoms with E-state index >= 15 is 0 Å². The van der Waals surface area contributed by atoms with Crippen molar-refractivity contribution in [1.29, 1.82) is 15.9 Å². The van der Waals surface area contributed by atoms with Gasteiger partial charge in [0.25, 0.3) is 0 Å². The van der Waals surface area contributed by atoms with Gasteiger partial charge in [-0.1, -0.05) is 31.2 Å². The molecule has 0 bridgehead atoms. The first-order chi connectivity index (χ1) is 17.5. The topological polar surface area (TPSA) is 146 Å². The molecule has 0 aromatic heterocycles. The molecule has 2 rings (SSSR count). The number of likely N-dealkylation sites (tertiary alicyclic amines) is 1. The van der Waals surface area contributed by atoms with Crippen LogP contribution in [0.15, 0.2) is 24.3 Å². The number of thioether (sulfide) groups is 1. The van der Waals surface area contributed by atoms with E-state index in [2.05, 4.69) is 40.1 Å². The van der Waals surface area contributed by atoms with Crippen molar-refractivity contribution in [2.24, 2.45) is 0 Å². The van der Waals surface area contributed by atoms with Crippen LogP contribution in [0.5, 0.6) is 5.75 Å². The fraction of sp³-hybridized carbons (Fsp3) is 0.600. The zero-order valence-electron chi connectivity index (χ0n) is 21.3. The van der Waals surface area contributed by atoms with E-state index < -0.39 is 5.91 Å². The third-order valence-corrected chi connectivity index (χ3v) is 5.83. The first-order valence-electron chi connectivity index (χ1n) is 12.3. The van der Waals surface area contributed by atoms with Crippen LogP contribution in [0.2, 0.25) is 0 Å². The smallest absolute Gasteiger partial charge is 0.235 e. The number of ether oxygens (including phenoxy) is 1. The fourth-order valence-electron chi connectivity index (χ4n) is 3.44. The van der Waals surface area contributed by atoms with Crippen LogP contribution in [0.25, 0.3) is 0 Å². The number of nitriles is 2. The maximum absolute atomic E-state index is 10.3. The minimum absolute atomic E-state index is 0.0273. The van der Waals surface area contributed by atoms with Gasteiger partial charge in [0.15, 0.2) is 0 Å². The summed E-state index contributed by atoms with van der Waals surface area (Å²) in [4.78, 5) is 18.4. The van der Waals surface area contributed by atoms with Crippen molar-refractivity contribution in [2.75, 3.05) is 44.6 Å². The molecule has 1 aromatic rings. The summed E-state index contributed by atoms with van der Waals surface area (Å²) in [6.07, 6.45) is 4.59. The third-order valence-electron chi connectivity index (χ3n) is 5.10. The van der Waals surface area contributed by atoms with E-state index in [9.17, 15) is 4.79 Å². The molecule has 1 fully saturated rings. The maximum atomic E-state index is 10.3. The Bertz CT molecular complexity index is 838. The maximum Gasteiger partial charge on any atom is 0.235 e. The van der Waals surface area contributed by atoms with Crippen LogP contribution in [-0.4, -0.2) is 67.2 Å². The van der Waals surface area contributed by atoms with Crippen molar-refractivity contribution in [1.82, 2.24) is 15.7 Å². The van der Waals surface area contributed by atoms with Gasteiger partial charge in [0.05, 0.1) is 17.7 Å². The molecule has 0 saturated carbocycles. The lowest BCUT2D eigenvalue weighted by Gasteiger charge is -2.26. The Labute approximate surface area is 219 Å². The molecule has 11 heteroatoms. The molecule has 2 atom stereocenters. The lowest BCUT2D eigenvalue weighted by molar-refractivity contribution is -0.119. The molecule has 36 heavy (non-hydrogen) atoms. The van der Waals surface area contributed by atoms with Gasteiger partial charge in [0.1, 0.15) is 30.8 Å². The van der Waals surface area contributed by atoms with Gasteiger partial charge in [-0.2, -0.15) is 10.5 Å². The number of nitrogens with zero attached hydrogens (tertiary/aromatic N) is 3. The quantitative estimate of drug-likeness (QED) is 0.0902. The number of benzene rings is 1. The molecule has 0 radical (unpaired) electrons. The minimum atomic E-state index is -0.404. The highest BCUT2D eigenvalue weighted by molar-refractivity contribution is 8.12. The standard InChI is InChI=1S/C20H34N4O2S.C5H5N3O/c1-3-22-26-20(27-16-21)14-17(2)23-18-8-7-9-19(15-18)25-13-12-24-10-5-4-6-11-24;6-2-1-5(9)8-4-3-7/h7-9,15-17,20-23H,3-6,10-14H2,1-2H3;1,4H2,(H,8,9). The van der Waals surface area contributed by atoms with Crippen molar-refractivity contribution >= 4 is 28.9 Å².